The van der Waals surface area contributed by atoms with Crippen molar-refractivity contribution >= 4 is 11.8 Å². The normalized spacial score (nSPS) is 17.9. The summed E-state index contributed by atoms with van der Waals surface area (Å²) in [5.74, 6) is 6.81. The average molecular weight is 236 g/mol. The van der Waals surface area contributed by atoms with Crippen LogP contribution in [0.1, 0.15) is 12.0 Å². The number of nitrogen functional groups attached to an aromatic ring is 1. The quantitative estimate of drug-likeness (QED) is 0.565. The molecule has 1 saturated heterocycles. The molecule has 0 unspecified atom stereocenters. The summed E-state index contributed by atoms with van der Waals surface area (Å²) < 4.78 is 0. The topological polar surface area (TPSA) is 70.3 Å². The second-order valence-electron chi connectivity index (χ2n) is 4.49. The Hall–Kier alpha value is -1.40. The highest BCUT2D eigenvalue weighted by molar-refractivity contribution is 5.48. The number of likely N-dealkylation sites (N-methyl/N-ethyl adjacent to an activating group) is 1. The molecule has 1 aromatic rings. The van der Waals surface area contributed by atoms with Crippen molar-refractivity contribution in [2.75, 3.05) is 43.6 Å². The summed E-state index contributed by atoms with van der Waals surface area (Å²) in [6.45, 7) is 6.27. The smallest absolute Gasteiger partial charge is 0.239 e. The number of rotatable bonds is 2. The minimum atomic E-state index is 0.475. The van der Waals surface area contributed by atoms with Crippen LogP contribution in [0.25, 0.3) is 0 Å². The Bertz CT molecular complexity index is 380. The van der Waals surface area contributed by atoms with Crippen LogP contribution in [-0.2, 0) is 0 Å². The van der Waals surface area contributed by atoms with Gasteiger partial charge in [0.05, 0.1) is 0 Å². The predicted octanol–water partition coefficient (Wildman–Crippen LogP) is 0.213. The molecular formula is C11H20N6. The first-order valence-electron chi connectivity index (χ1n) is 5.94. The van der Waals surface area contributed by atoms with E-state index in [0.29, 0.717) is 5.95 Å². The summed E-state index contributed by atoms with van der Waals surface area (Å²) in [5.41, 5.74) is 3.59. The molecular weight excluding hydrogens is 216 g/mol. The number of hydrazine groups is 1. The van der Waals surface area contributed by atoms with Gasteiger partial charge in [0.15, 0.2) is 0 Å². The molecule has 0 radical (unpaired) electrons. The van der Waals surface area contributed by atoms with Gasteiger partial charge in [0, 0.05) is 31.4 Å². The van der Waals surface area contributed by atoms with Crippen molar-refractivity contribution in [3.8, 4) is 0 Å². The van der Waals surface area contributed by atoms with Crippen molar-refractivity contribution in [2.45, 2.75) is 13.3 Å². The highest BCUT2D eigenvalue weighted by atomic mass is 15.3. The molecule has 0 amide bonds. The molecule has 0 bridgehead atoms. The Labute approximate surface area is 102 Å². The number of aryl methyl sites for hydroxylation is 1. The molecule has 1 fully saturated rings. The molecule has 1 aliphatic heterocycles. The molecule has 2 rings (SSSR count). The standard InChI is InChI=1S/C11H20N6/c1-9-8-13-11(15-12)14-10(9)17-5-3-4-16(2)6-7-17/h8H,3-7,12H2,1-2H3,(H,13,14,15). The Balaban J connectivity index is 2.20. The van der Waals surface area contributed by atoms with Crippen LogP contribution in [0, 0.1) is 6.92 Å². The summed E-state index contributed by atoms with van der Waals surface area (Å²) in [5, 5.41) is 0. The molecule has 6 heteroatoms. The van der Waals surface area contributed by atoms with E-state index in [1.165, 1.54) is 0 Å². The highest BCUT2D eigenvalue weighted by Crippen LogP contribution is 2.19. The molecule has 3 N–H and O–H groups in total. The fraction of sp³-hybridized carbons (Fsp3) is 0.636. The Kier molecular flexibility index (Phi) is 3.75. The molecule has 0 aliphatic carbocycles. The van der Waals surface area contributed by atoms with Gasteiger partial charge in [-0.3, -0.25) is 5.43 Å². The SMILES string of the molecule is Cc1cnc(NN)nc1N1CCCN(C)CC1. The summed E-state index contributed by atoms with van der Waals surface area (Å²) in [6.07, 6.45) is 2.97. The Morgan fingerprint density at radius 3 is 2.88 bits per heavy atom. The molecule has 2 heterocycles. The predicted molar refractivity (Wildman–Crippen MR) is 68.9 cm³/mol. The molecule has 6 nitrogen and oxygen atoms in total. The number of hydrogen-bond donors (Lipinski definition) is 2. The third-order valence-corrected chi connectivity index (χ3v) is 3.09. The zero-order valence-electron chi connectivity index (χ0n) is 10.5. The van der Waals surface area contributed by atoms with Crippen molar-refractivity contribution < 1.29 is 0 Å². The van der Waals surface area contributed by atoms with Crippen LogP contribution in [0.15, 0.2) is 6.20 Å². The maximum absolute atomic E-state index is 5.35. The van der Waals surface area contributed by atoms with Crippen molar-refractivity contribution in [1.29, 1.82) is 0 Å². The van der Waals surface area contributed by atoms with Crippen LogP contribution in [0.4, 0.5) is 11.8 Å². The lowest BCUT2D eigenvalue weighted by Crippen LogP contribution is -2.30. The van der Waals surface area contributed by atoms with E-state index in [4.69, 9.17) is 5.84 Å². The molecule has 0 aromatic carbocycles. The van der Waals surface area contributed by atoms with E-state index in [0.717, 1.165) is 44.0 Å². The lowest BCUT2D eigenvalue weighted by molar-refractivity contribution is 0.360. The fourth-order valence-electron chi connectivity index (χ4n) is 2.08. The van der Waals surface area contributed by atoms with Gasteiger partial charge in [-0.25, -0.2) is 10.8 Å². The molecule has 0 atom stereocenters. The number of nitrogens with zero attached hydrogens (tertiary/aromatic N) is 4. The van der Waals surface area contributed by atoms with Crippen LogP contribution in [0.3, 0.4) is 0 Å². The van der Waals surface area contributed by atoms with E-state index in [9.17, 15) is 0 Å². The Morgan fingerprint density at radius 2 is 2.12 bits per heavy atom. The molecule has 17 heavy (non-hydrogen) atoms. The Morgan fingerprint density at radius 1 is 1.29 bits per heavy atom. The molecule has 1 aromatic heterocycles. The highest BCUT2D eigenvalue weighted by Gasteiger charge is 2.16. The molecule has 0 saturated carbocycles. The third-order valence-electron chi connectivity index (χ3n) is 3.09. The van der Waals surface area contributed by atoms with Gasteiger partial charge in [-0.1, -0.05) is 0 Å². The number of nitrogens with one attached hydrogen (secondary N) is 1. The first-order valence-corrected chi connectivity index (χ1v) is 5.94. The largest absolute Gasteiger partial charge is 0.355 e. The number of anilines is 2. The number of nitrogens with two attached hydrogens (primary N) is 1. The second kappa shape index (κ2) is 5.29. The monoisotopic (exact) mass is 236 g/mol. The van der Waals surface area contributed by atoms with Crippen molar-refractivity contribution in [1.82, 2.24) is 14.9 Å². The van der Waals surface area contributed by atoms with Gasteiger partial charge in [-0.2, -0.15) is 4.98 Å². The van der Waals surface area contributed by atoms with E-state index in [2.05, 4.69) is 32.2 Å². The summed E-state index contributed by atoms with van der Waals surface area (Å²) in [6, 6.07) is 0. The van der Waals surface area contributed by atoms with E-state index in [1.807, 2.05) is 13.1 Å². The first-order chi connectivity index (χ1) is 8.20. The second-order valence-corrected chi connectivity index (χ2v) is 4.49. The van der Waals surface area contributed by atoms with Gasteiger partial charge in [-0.05, 0) is 26.9 Å². The lowest BCUT2D eigenvalue weighted by Gasteiger charge is -2.23. The maximum Gasteiger partial charge on any atom is 0.239 e. The summed E-state index contributed by atoms with van der Waals surface area (Å²) in [4.78, 5) is 13.2. The van der Waals surface area contributed by atoms with Gasteiger partial charge in [-0.15, -0.1) is 0 Å². The minimum Gasteiger partial charge on any atom is -0.355 e. The van der Waals surface area contributed by atoms with E-state index < -0.39 is 0 Å². The number of hydrogen-bond acceptors (Lipinski definition) is 6. The van der Waals surface area contributed by atoms with Crippen LogP contribution < -0.4 is 16.2 Å². The minimum absolute atomic E-state index is 0.475. The molecule has 1 aliphatic rings. The fourth-order valence-corrected chi connectivity index (χ4v) is 2.08. The van der Waals surface area contributed by atoms with Gasteiger partial charge >= 0.3 is 0 Å². The van der Waals surface area contributed by atoms with Crippen molar-refractivity contribution in [3.05, 3.63) is 11.8 Å². The van der Waals surface area contributed by atoms with Crippen LogP contribution in [0.5, 0.6) is 0 Å². The zero-order valence-corrected chi connectivity index (χ0v) is 10.5. The van der Waals surface area contributed by atoms with Crippen molar-refractivity contribution in [3.63, 3.8) is 0 Å². The number of aromatic nitrogens is 2. The third kappa shape index (κ3) is 2.83. The molecule has 94 valence electrons. The zero-order chi connectivity index (χ0) is 12.3. The lowest BCUT2D eigenvalue weighted by atomic mass is 10.3. The average Bonchev–Trinajstić information content (AvgIpc) is 2.55. The van der Waals surface area contributed by atoms with E-state index >= 15 is 0 Å². The summed E-state index contributed by atoms with van der Waals surface area (Å²) >= 11 is 0. The first kappa shape index (κ1) is 12.1. The van der Waals surface area contributed by atoms with Crippen LogP contribution in [-0.4, -0.2) is 48.1 Å². The summed E-state index contributed by atoms with van der Waals surface area (Å²) in [7, 11) is 2.16. The van der Waals surface area contributed by atoms with Gasteiger partial charge in [0.25, 0.3) is 0 Å². The molecule has 0 spiro atoms. The van der Waals surface area contributed by atoms with E-state index in [1.54, 1.807) is 0 Å². The van der Waals surface area contributed by atoms with Gasteiger partial charge < -0.3 is 9.80 Å². The van der Waals surface area contributed by atoms with Crippen LogP contribution >= 0.6 is 0 Å². The maximum atomic E-state index is 5.35. The van der Waals surface area contributed by atoms with Gasteiger partial charge in [0.2, 0.25) is 5.95 Å². The van der Waals surface area contributed by atoms with E-state index in [-0.39, 0.29) is 0 Å². The van der Waals surface area contributed by atoms with Crippen LogP contribution in [0.2, 0.25) is 0 Å². The van der Waals surface area contributed by atoms with Gasteiger partial charge in [0.1, 0.15) is 5.82 Å². The van der Waals surface area contributed by atoms with Crippen molar-refractivity contribution in [2.24, 2.45) is 5.84 Å².